The molecule has 3 heterocycles. The molecule has 2 aliphatic rings. The minimum Gasteiger partial charge on any atom is -0.381 e. The summed E-state index contributed by atoms with van der Waals surface area (Å²) in [7, 11) is 1.80. The highest BCUT2D eigenvalue weighted by Crippen LogP contribution is 2.35. The van der Waals surface area contributed by atoms with Crippen LogP contribution >= 0.6 is 0 Å². The van der Waals surface area contributed by atoms with Crippen molar-refractivity contribution < 1.29 is 9.47 Å². The molecule has 1 aromatic carbocycles. The van der Waals surface area contributed by atoms with Gasteiger partial charge in [-0.3, -0.25) is 9.88 Å². The fourth-order valence-corrected chi connectivity index (χ4v) is 3.71. The molecule has 0 saturated carbocycles. The fraction of sp³-hybridized carbons (Fsp3) is 0.500. The number of para-hydroxylation sites is 1. The number of ether oxygens (including phenoxy) is 2. The summed E-state index contributed by atoms with van der Waals surface area (Å²) >= 11 is 0. The number of nitrogens with zero attached hydrogens (tertiary/aromatic N) is 2. The standard InChI is InChI=1S/C18H22N2O2/c1-21-16-8-9-22-18(10-16)12-20(13-18)11-15-7-6-14-4-2-3-5-17(14)19-15/h2-7,16H,8-13H2,1H3. The topological polar surface area (TPSA) is 34.6 Å². The molecule has 4 nitrogen and oxygen atoms in total. The van der Waals surface area contributed by atoms with Gasteiger partial charge in [0.25, 0.3) is 0 Å². The average Bonchev–Trinajstić information content (AvgIpc) is 2.53. The van der Waals surface area contributed by atoms with E-state index < -0.39 is 0 Å². The van der Waals surface area contributed by atoms with Gasteiger partial charge in [0.2, 0.25) is 0 Å². The third-order valence-corrected chi connectivity index (χ3v) is 4.85. The van der Waals surface area contributed by atoms with Gasteiger partial charge in [-0.15, -0.1) is 0 Å². The van der Waals surface area contributed by atoms with Crippen LogP contribution in [0.4, 0.5) is 0 Å². The van der Waals surface area contributed by atoms with Gasteiger partial charge in [-0.2, -0.15) is 0 Å². The summed E-state index contributed by atoms with van der Waals surface area (Å²) in [4.78, 5) is 7.17. The summed E-state index contributed by atoms with van der Waals surface area (Å²) in [5.41, 5.74) is 2.23. The Bertz CT molecular complexity index is 667. The zero-order valence-corrected chi connectivity index (χ0v) is 13.0. The maximum Gasteiger partial charge on any atom is 0.0959 e. The highest BCUT2D eigenvalue weighted by Gasteiger charge is 2.47. The number of methoxy groups -OCH3 is 1. The van der Waals surface area contributed by atoms with E-state index in [2.05, 4.69) is 35.2 Å². The van der Waals surface area contributed by atoms with E-state index in [1.165, 1.54) is 5.39 Å². The van der Waals surface area contributed by atoms with Crippen molar-refractivity contribution >= 4 is 10.9 Å². The van der Waals surface area contributed by atoms with Gasteiger partial charge >= 0.3 is 0 Å². The molecule has 116 valence electrons. The minimum absolute atomic E-state index is 0.0236. The zero-order chi connectivity index (χ0) is 15.0. The van der Waals surface area contributed by atoms with Gasteiger partial charge in [0.05, 0.1) is 22.9 Å². The van der Waals surface area contributed by atoms with Crippen LogP contribution in [0.5, 0.6) is 0 Å². The number of rotatable bonds is 3. The smallest absolute Gasteiger partial charge is 0.0959 e. The van der Waals surface area contributed by atoms with Crippen molar-refractivity contribution in [1.82, 2.24) is 9.88 Å². The first-order valence-electron chi connectivity index (χ1n) is 8.00. The van der Waals surface area contributed by atoms with Crippen molar-refractivity contribution in [1.29, 1.82) is 0 Å². The molecule has 2 fully saturated rings. The van der Waals surface area contributed by atoms with Crippen LogP contribution in [0.2, 0.25) is 0 Å². The lowest BCUT2D eigenvalue weighted by Gasteiger charge is -2.53. The predicted molar refractivity (Wildman–Crippen MR) is 85.7 cm³/mol. The average molecular weight is 298 g/mol. The van der Waals surface area contributed by atoms with E-state index in [-0.39, 0.29) is 5.60 Å². The molecule has 0 bridgehead atoms. The van der Waals surface area contributed by atoms with Gasteiger partial charge < -0.3 is 9.47 Å². The summed E-state index contributed by atoms with van der Waals surface area (Å²) in [5, 5.41) is 1.20. The fourth-order valence-electron chi connectivity index (χ4n) is 3.71. The summed E-state index contributed by atoms with van der Waals surface area (Å²) < 4.78 is 11.5. The molecule has 22 heavy (non-hydrogen) atoms. The van der Waals surface area contributed by atoms with Gasteiger partial charge in [-0.25, -0.2) is 0 Å². The lowest BCUT2D eigenvalue weighted by molar-refractivity contribution is -0.195. The van der Waals surface area contributed by atoms with E-state index in [4.69, 9.17) is 14.5 Å². The Kier molecular flexibility index (Phi) is 3.60. The van der Waals surface area contributed by atoms with Gasteiger partial charge in [0, 0.05) is 45.2 Å². The van der Waals surface area contributed by atoms with Gasteiger partial charge in [0.15, 0.2) is 0 Å². The minimum atomic E-state index is 0.0236. The molecule has 1 spiro atoms. The first-order valence-corrected chi connectivity index (χ1v) is 8.00. The van der Waals surface area contributed by atoms with E-state index >= 15 is 0 Å². The lowest BCUT2D eigenvalue weighted by atomic mass is 9.84. The van der Waals surface area contributed by atoms with Crippen molar-refractivity contribution in [3.05, 3.63) is 42.1 Å². The Morgan fingerprint density at radius 3 is 3.00 bits per heavy atom. The Morgan fingerprint density at radius 2 is 2.14 bits per heavy atom. The van der Waals surface area contributed by atoms with Crippen LogP contribution in [-0.2, 0) is 16.0 Å². The van der Waals surface area contributed by atoms with Crippen LogP contribution in [0.25, 0.3) is 10.9 Å². The monoisotopic (exact) mass is 298 g/mol. The highest BCUT2D eigenvalue weighted by atomic mass is 16.5. The molecule has 2 aliphatic heterocycles. The van der Waals surface area contributed by atoms with Gasteiger partial charge in [0.1, 0.15) is 0 Å². The molecule has 2 saturated heterocycles. The molecule has 0 aliphatic carbocycles. The van der Waals surface area contributed by atoms with Crippen LogP contribution in [0.1, 0.15) is 18.5 Å². The molecule has 1 unspecified atom stereocenters. The molecule has 4 rings (SSSR count). The van der Waals surface area contributed by atoms with Gasteiger partial charge in [-0.05, 0) is 18.6 Å². The van der Waals surface area contributed by atoms with Crippen LogP contribution in [0.3, 0.4) is 0 Å². The van der Waals surface area contributed by atoms with E-state index in [9.17, 15) is 0 Å². The number of likely N-dealkylation sites (tertiary alicyclic amines) is 1. The third-order valence-electron chi connectivity index (χ3n) is 4.85. The summed E-state index contributed by atoms with van der Waals surface area (Å²) in [6.45, 7) is 3.69. The van der Waals surface area contributed by atoms with E-state index in [1.807, 2.05) is 6.07 Å². The lowest BCUT2D eigenvalue weighted by Crippen LogP contribution is -2.65. The third kappa shape index (κ3) is 2.62. The molecule has 0 N–H and O–H groups in total. The largest absolute Gasteiger partial charge is 0.381 e. The molecule has 4 heteroatoms. The number of hydrogen-bond donors (Lipinski definition) is 0. The van der Waals surface area contributed by atoms with Crippen LogP contribution < -0.4 is 0 Å². The molecule has 2 aromatic rings. The Morgan fingerprint density at radius 1 is 1.27 bits per heavy atom. The van der Waals surface area contributed by atoms with Crippen molar-refractivity contribution in [2.45, 2.75) is 31.1 Å². The summed E-state index contributed by atoms with van der Waals surface area (Å²) in [6.07, 6.45) is 2.39. The Balaban J connectivity index is 1.40. The SMILES string of the molecule is COC1CCOC2(C1)CN(Cc1ccc3ccccc3n1)C2. The second-order valence-corrected chi connectivity index (χ2v) is 6.52. The van der Waals surface area contributed by atoms with Crippen LogP contribution in [0.15, 0.2) is 36.4 Å². The molecule has 1 atom stereocenters. The molecular formula is C18H22N2O2. The highest BCUT2D eigenvalue weighted by molar-refractivity contribution is 5.78. The summed E-state index contributed by atoms with van der Waals surface area (Å²) in [5.74, 6) is 0. The first kappa shape index (κ1) is 14.1. The van der Waals surface area contributed by atoms with E-state index in [1.54, 1.807) is 7.11 Å². The number of benzene rings is 1. The normalized spacial score (nSPS) is 24.5. The zero-order valence-electron chi connectivity index (χ0n) is 13.0. The van der Waals surface area contributed by atoms with E-state index in [0.717, 1.165) is 50.3 Å². The molecule has 0 amide bonds. The van der Waals surface area contributed by atoms with Crippen LogP contribution in [0, 0.1) is 0 Å². The number of aromatic nitrogens is 1. The second-order valence-electron chi connectivity index (χ2n) is 6.52. The molecular weight excluding hydrogens is 276 g/mol. The quantitative estimate of drug-likeness (QED) is 0.872. The summed E-state index contributed by atoms with van der Waals surface area (Å²) in [6, 6.07) is 12.6. The van der Waals surface area contributed by atoms with Crippen molar-refractivity contribution in [3.8, 4) is 0 Å². The second kappa shape index (κ2) is 5.61. The number of fused-ring (bicyclic) bond motifs is 1. The first-order chi connectivity index (χ1) is 10.8. The Hall–Kier alpha value is -1.49. The molecule has 0 radical (unpaired) electrons. The van der Waals surface area contributed by atoms with Crippen LogP contribution in [-0.4, -0.2) is 48.4 Å². The number of hydrogen-bond acceptors (Lipinski definition) is 4. The number of pyridine rings is 1. The van der Waals surface area contributed by atoms with Crippen molar-refractivity contribution in [3.63, 3.8) is 0 Å². The maximum absolute atomic E-state index is 6.03. The van der Waals surface area contributed by atoms with E-state index in [0.29, 0.717) is 6.10 Å². The van der Waals surface area contributed by atoms with Gasteiger partial charge in [-0.1, -0.05) is 24.3 Å². The van der Waals surface area contributed by atoms with Crippen molar-refractivity contribution in [2.75, 3.05) is 26.8 Å². The Labute approximate surface area is 131 Å². The van der Waals surface area contributed by atoms with Crippen molar-refractivity contribution in [2.24, 2.45) is 0 Å². The predicted octanol–water partition coefficient (Wildman–Crippen LogP) is 2.61. The molecule has 1 aromatic heterocycles. The maximum atomic E-state index is 6.03.